The van der Waals surface area contributed by atoms with Crippen LogP contribution in [0.3, 0.4) is 0 Å². The van der Waals surface area contributed by atoms with Gasteiger partial charge >= 0.3 is 0 Å². The normalized spacial score (nSPS) is 17.5. The smallest absolute Gasteiger partial charge is 0.0955 e. The number of anilines is 2. The van der Waals surface area contributed by atoms with E-state index < -0.39 is 5.60 Å². The topological polar surface area (TPSA) is 62.4 Å². The summed E-state index contributed by atoms with van der Waals surface area (Å²) in [6, 6.07) is 7.78. The van der Waals surface area contributed by atoms with Gasteiger partial charge in [0, 0.05) is 30.9 Å². The SMILES string of the molecule is CN(CC1(O)CCCC1)c1ccc(N)c2cccnc12. The molecule has 1 aromatic heterocycles. The van der Waals surface area contributed by atoms with Gasteiger partial charge in [0.05, 0.1) is 16.8 Å². The van der Waals surface area contributed by atoms with E-state index in [1.165, 1.54) is 0 Å². The maximum atomic E-state index is 10.6. The van der Waals surface area contributed by atoms with Gasteiger partial charge in [0.1, 0.15) is 0 Å². The third kappa shape index (κ3) is 2.31. The molecule has 106 valence electrons. The molecule has 1 fully saturated rings. The Balaban J connectivity index is 1.95. The van der Waals surface area contributed by atoms with Crippen LogP contribution < -0.4 is 10.6 Å². The summed E-state index contributed by atoms with van der Waals surface area (Å²) in [5, 5.41) is 11.5. The van der Waals surface area contributed by atoms with Crippen molar-refractivity contribution in [3.63, 3.8) is 0 Å². The maximum Gasteiger partial charge on any atom is 0.0955 e. The van der Waals surface area contributed by atoms with Crippen molar-refractivity contribution in [3.8, 4) is 0 Å². The third-order valence-electron chi connectivity index (χ3n) is 4.26. The predicted octanol–water partition coefficient (Wildman–Crippen LogP) is 2.56. The molecular formula is C16H21N3O. The van der Waals surface area contributed by atoms with Crippen molar-refractivity contribution >= 4 is 22.3 Å². The van der Waals surface area contributed by atoms with E-state index in [1.807, 2.05) is 31.3 Å². The number of likely N-dealkylation sites (N-methyl/N-ethyl adjacent to an activating group) is 1. The minimum Gasteiger partial charge on any atom is -0.398 e. The zero-order valence-electron chi connectivity index (χ0n) is 11.8. The molecule has 2 aromatic rings. The predicted molar refractivity (Wildman–Crippen MR) is 82.8 cm³/mol. The highest BCUT2D eigenvalue weighted by atomic mass is 16.3. The average Bonchev–Trinajstić information content (AvgIpc) is 2.86. The molecule has 3 rings (SSSR count). The molecule has 0 bridgehead atoms. The first-order valence-electron chi connectivity index (χ1n) is 7.16. The zero-order chi connectivity index (χ0) is 14.2. The van der Waals surface area contributed by atoms with Crippen LogP contribution in [0.1, 0.15) is 25.7 Å². The van der Waals surface area contributed by atoms with E-state index in [1.54, 1.807) is 6.20 Å². The minimum atomic E-state index is -0.558. The van der Waals surface area contributed by atoms with Crippen LogP contribution in [0.4, 0.5) is 11.4 Å². The van der Waals surface area contributed by atoms with Gasteiger partial charge in [0.2, 0.25) is 0 Å². The second-order valence-electron chi connectivity index (χ2n) is 5.86. The van der Waals surface area contributed by atoms with Gasteiger partial charge in [-0.15, -0.1) is 0 Å². The number of hydrogen-bond donors (Lipinski definition) is 2. The monoisotopic (exact) mass is 271 g/mol. The lowest BCUT2D eigenvalue weighted by molar-refractivity contribution is 0.0560. The number of aliphatic hydroxyl groups is 1. The molecule has 1 heterocycles. The Hall–Kier alpha value is -1.81. The Morgan fingerprint density at radius 2 is 2.05 bits per heavy atom. The Morgan fingerprint density at radius 3 is 2.80 bits per heavy atom. The van der Waals surface area contributed by atoms with Crippen molar-refractivity contribution in [2.75, 3.05) is 24.2 Å². The maximum absolute atomic E-state index is 10.6. The highest BCUT2D eigenvalue weighted by Gasteiger charge is 2.32. The Labute approximate surface area is 119 Å². The summed E-state index contributed by atoms with van der Waals surface area (Å²) < 4.78 is 0. The summed E-state index contributed by atoms with van der Waals surface area (Å²) in [5.74, 6) is 0. The highest BCUT2D eigenvalue weighted by Crippen LogP contribution is 2.33. The molecule has 1 aromatic carbocycles. The molecule has 1 saturated carbocycles. The van der Waals surface area contributed by atoms with Crippen LogP contribution in [-0.4, -0.2) is 29.3 Å². The van der Waals surface area contributed by atoms with Crippen molar-refractivity contribution in [2.24, 2.45) is 0 Å². The van der Waals surface area contributed by atoms with Gasteiger partial charge in [0.25, 0.3) is 0 Å². The fourth-order valence-electron chi connectivity index (χ4n) is 3.21. The molecule has 20 heavy (non-hydrogen) atoms. The van der Waals surface area contributed by atoms with Crippen LogP contribution in [0, 0.1) is 0 Å². The lowest BCUT2D eigenvalue weighted by Crippen LogP contribution is -2.39. The molecule has 1 aliphatic carbocycles. The number of fused-ring (bicyclic) bond motifs is 1. The molecule has 4 heteroatoms. The van der Waals surface area contributed by atoms with E-state index in [0.29, 0.717) is 6.54 Å². The summed E-state index contributed by atoms with van der Waals surface area (Å²) >= 11 is 0. The number of nitrogens with zero attached hydrogens (tertiary/aromatic N) is 2. The largest absolute Gasteiger partial charge is 0.398 e. The molecule has 0 unspecified atom stereocenters. The third-order valence-corrected chi connectivity index (χ3v) is 4.26. The number of benzene rings is 1. The zero-order valence-corrected chi connectivity index (χ0v) is 11.8. The summed E-state index contributed by atoms with van der Waals surface area (Å²) in [5.41, 5.74) is 8.11. The quantitative estimate of drug-likeness (QED) is 0.842. The lowest BCUT2D eigenvalue weighted by atomic mass is 10.0. The molecule has 0 saturated heterocycles. The molecule has 3 N–H and O–H groups in total. The van der Waals surface area contributed by atoms with Crippen molar-refractivity contribution in [2.45, 2.75) is 31.3 Å². The summed E-state index contributed by atoms with van der Waals surface area (Å²) in [4.78, 5) is 6.55. The fraction of sp³-hybridized carbons (Fsp3) is 0.438. The van der Waals surface area contributed by atoms with Crippen LogP contribution in [-0.2, 0) is 0 Å². The Bertz CT molecular complexity index is 620. The first-order chi connectivity index (χ1) is 9.59. The van der Waals surface area contributed by atoms with E-state index >= 15 is 0 Å². The van der Waals surface area contributed by atoms with Crippen molar-refractivity contribution in [3.05, 3.63) is 30.5 Å². The number of rotatable bonds is 3. The van der Waals surface area contributed by atoms with Gasteiger partial charge in [-0.1, -0.05) is 12.8 Å². The van der Waals surface area contributed by atoms with Gasteiger partial charge in [-0.25, -0.2) is 0 Å². The number of aromatic nitrogens is 1. The van der Waals surface area contributed by atoms with Gasteiger partial charge in [-0.3, -0.25) is 4.98 Å². The molecule has 0 aliphatic heterocycles. The number of pyridine rings is 1. The van der Waals surface area contributed by atoms with Crippen LogP contribution in [0.15, 0.2) is 30.5 Å². The van der Waals surface area contributed by atoms with E-state index in [0.717, 1.165) is 48.0 Å². The second kappa shape index (κ2) is 4.94. The highest BCUT2D eigenvalue weighted by molar-refractivity contribution is 5.98. The molecule has 0 spiro atoms. The van der Waals surface area contributed by atoms with E-state index in [4.69, 9.17) is 5.73 Å². The molecule has 4 nitrogen and oxygen atoms in total. The summed E-state index contributed by atoms with van der Waals surface area (Å²) in [6.45, 7) is 0.641. The first-order valence-corrected chi connectivity index (χ1v) is 7.16. The lowest BCUT2D eigenvalue weighted by Gasteiger charge is -2.30. The van der Waals surface area contributed by atoms with Crippen LogP contribution in [0.5, 0.6) is 0 Å². The van der Waals surface area contributed by atoms with Crippen LogP contribution in [0.25, 0.3) is 10.9 Å². The van der Waals surface area contributed by atoms with Gasteiger partial charge in [-0.05, 0) is 37.1 Å². The standard InChI is InChI=1S/C16H21N3O/c1-19(11-16(20)8-2-3-9-16)14-7-6-13(17)12-5-4-10-18-15(12)14/h4-7,10,20H,2-3,8-9,11,17H2,1H3. The van der Waals surface area contributed by atoms with E-state index in [2.05, 4.69) is 9.88 Å². The average molecular weight is 271 g/mol. The number of hydrogen-bond acceptors (Lipinski definition) is 4. The summed E-state index contributed by atoms with van der Waals surface area (Å²) in [6.07, 6.45) is 5.79. The van der Waals surface area contributed by atoms with Crippen molar-refractivity contribution in [1.29, 1.82) is 0 Å². The van der Waals surface area contributed by atoms with Gasteiger partial charge < -0.3 is 15.7 Å². The molecule has 0 radical (unpaired) electrons. The van der Waals surface area contributed by atoms with Gasteiger partial charge in [-0.2, -0.15) is 0 Å². The Morgan fingerprint density at radius 1 is 1.30 bits per heavy atom. The van der Waals surface area contributed by atoms with Crippen LogP contribution in [0.2, 0.25) is 0 Å². The fourth-order valence-corrected chi connectivity index (χ4v) is 3.21. The Kier molecular flexibility index (Phi) is 3.26. The van der Waals surface area contributed by atoms with Crippen LogP contribution >= 0.6 is 0 Å². The molecule has 0 amide bonds. The van der Waals surface area contributed by atoms with Crippen molar-refractivity contribution < 1.29 is 5.11 Å². The first kappa shape index (κ1) is 13.2. The van der Waals surface area contributed by atoms with E-state index in [-0.39, 0.29) is 0 Å². The molecule has 0 atom stereocenters. The van der Waals surface area contributed by atoms with Gasteiger partial charge in [0.15, 0.2) is 0 Å². The minimum absolute atomic E-state index is 0.558. The summed E-state index contributed by atoms with van der Waals surface area (Å²) in [7, 11) is 2.01. The molecular weight excluding hydrogens is 250 g/mol. The van der Waals surface area contributed by atoms with Crippen molar-refractivity contribution in [1.82, 2.24) is 4.98 Å². The molecule has 1 aliphatic rings. The number of nitrogens with two attached hydrogens (primary N) is 1. The second-order valence-corrected chi connectivity index (χ2v) is 5.86. The number of nitrogen functional groups attached to an aromatic ring is 1. The van der Waals surface area contributed by atoms with E-state index in [9.17, 15) is 5.11 Å².